The predicted molar refractivity (Wildman–Crippen MR) is 290 cm³/mol. The average Bonchev–Trinajstić information content (AvgIpc) is 4.14. The summed E-state index contributed by atoms with van der Waals surface area (Å²) in [4.78, 5) is 74.0. The van der Waals surface area contributed by atoms with Crippen molar-refractivity contribution >= 4 is 8.25 Å². The number of H-pyrrole nitrogens is 2. The first-order valence-corrected chi connectivity index (χ1v) is 27.8. The van der Waals surface area contributed by atoms with Gasteiger partial charge in [0.2, 0.25) is 0 Å². The van der Waals surface area contributed by atoms with Crippen molar-refractivity contribution in [2.45, 2.75) is 141 Å². The zero-order valence-corrected chi connectivity index (χ0v) is 46.3. The Morgan fingerprint density at radius 1 is 0.662 bits per heavy atom. The van der Waals surface area contributed by atoms with E-state index in [2.05, 4.69) is 47.2 Å². The van der Waals surface area contributed by atoms with E-state index < -0.39 is 73.2 Å². The fourth-order valence-electron chi connectivity index (χ4n) is 9.63. The molecule has 2 aromatic heterocycles. The number of aromatic amines is 2. The number of methoxy groups -OCH3 is 2. The molecule has 2 fully saturated rings. The van der Waals surface area contributed by atoms with Crippen molar-refractivity contribution in [2.75, 3.05) is 53.9 Å². The smallest absolute Gasteiger partial charge is 0.497 e. The quantitative estimate of drug-likeness (QED) is 0.0103. The molecule has 3 aromatic carbocycles. The second kappa shape index (κ2) is 30.5. The molecule has 0 spiro atoms. The number of unbranched alkanes of at least 4 members (excludes halogenated alkanes) is 4. The van der Waals surface area contributed by atoms with E-state index in [0.717, 1.165) is 55.2 Å². The minimum Gasteiger partial charge on any atom is -0.497 e. The van der Waals surface area contributed by atoms with Crippen molar-refractivity contribution < 1.29 is 53.6 Å². The van der Waals surface area contributed by atoms with Crippen molar-refractivity contribution in [2.24, 2.45) is 0 Å². The van der Waals surface area contributed by atoms with Crippen molar-refractivity contribution in [3.05, 3.63) is 161 Å². The Hall–Kier alpha value is -5.64. The van der Waals surface area contributed by atoms with Crippen molar-refractivity contribution in [1.82, 2.24) is 24.0 Å². The van der Waals surface area contributed by atoms with Gasteiger partial charge in [0.1, 0.15) is 54.7 Å². The molecule has 2 saturated heterocycles. The molecular formula is C56H78N5O15P+2. The number of ether oxygens (including phenoxy) is 7. The maximum absolute atomic E-state index is 13.5. The molecule has 21 heteroatoms. The zero-order chi connectivity index (χ0) is 55.3. The van der Waals surface area contributed by atoms with Gasteiger partial charge in [-0.2, -0.15) is 4.89 Å². The van der Waals surface area contributed by atoms with Crippen LogP contribution in [0, 0.1) is 0 Å². The lowest BCUT2D eigenvalue weighted by molar-refractivity contribution is -0.260. The van der Waals surface area contributed by atoms with Gasteiger partial charge in [-0.15, -0.1) is 4.89 Å². The van der Waals surface area contributed by atoms with Gasteiger partial charge < -0.3 is 38.1 Å². The summed E-state index contributed by atoms with van der Waals surface area (Å²) in [5.41, 5.74) is -0.229. The third-order valence-corrected chi connectivity index (χ3v) is 14.2. The summed E-state index contributed by atoms with van der Waals surface area (Å²) < 4.78 is 62.4. The van der Waals surface area contributed by atoms with Crippen molar-refractivity contribution in [3.63, 3.8) is 0 Å². The predicted octanol–water partition coefficient (Wildman–Crippen LogP) is 7.94. The van der Waals surface area contributed by atoms with Gasteiger partial charge in [0, 0.05) is 40.9 Å². The number of benzene rings is 3. The molecule has 4 heterocycles. The molecular weight excluding hydrogens is 1010 g/mol. The van der Waals surface area contributed by atoms with Crippen LogP contribution in [-0.4, -0.2) is 107 Å². The molecule has 0 radical (unpaired) electrons. The highest BCUT2D eigenvalue weighted by Gasteiger charge is 2.44. The minimum absolute atomic E-state index is 0. The normalized spacial score (nSPS) is 19.5. The molecule has 0 aliphatic carbocycles. The standard InChI is InChI=1S/C50H61N4O15P.C6H15N/c1-5-7-10-14-33-28-53(48(57)51-46(33)55)44-26-40(64-32-63-30-42-41(68-69-70(59)60)27-45(66-42)54-29-34(15-11-8-6-2)47(56)52-49(54)58)43(67-44)31-65-50(35-16-12-9-13-17-35,36-18-22-38(61-3)23-19-36)37-20-24-39(62-4)25-21-37;1-4-7(5-2)6-3/h9,12-13,16-25,28-29,40-45H,5-8,10-11,14-15,26-27,30-32H2,1-4H3,(H2-,51,52,55,56,57,58,59,60);4-6H2,1-3H3/p+2/t40-,41-,42+,43+,44+,45+;/m0./s1. The number of hydrogen-bond acceptors (Lipinski definition) is 15. The first-order chi connectivity index (χ1) is 37.3. The summed E-state index contributed by atoms with van der Waals surface area (Å²) in [5.74, 6) is 1.31. The highest BCUT2D eigenvalue weighted by atomic mass is 31.1. The van der Waals surface area contributed by atoms with Crippen LogP contribution in [0.5, 0.6) is 11.5 Å². The molecule has 0 amide bonds. The van der Waals surface area contributed by atoms with Gasteiger partial charge in [-0.25, -0.2) is 9.59 Å². The lowest BCUT2D eigenvalue weighted by Gasteiger charge is -2.37. The first-order valence-electron chi connectivity index (χ1n) is 26.7. The topological polar surface area (TPSA) is 233 Å². The summed E-state index contributed by atoms with van der Waals surface area (Å²) in [6.07, 6.45) is 4.09. The minimum atomic E-state index is -3.14. The molecule has 20 nitrogen and oxygen atoms in total. The van der Waals surface area contributed by atoms with Crippen LogP contribution in [0.1, 0.15) is 128 Å². The monoisotopic (exact) mass is 1090 g/mol. The van der Waals surface area contributed by atoms with E-state index in [1.54, 1.807) is 20.4 Å². The van der Waals surface area contributed by atoms with E-state index >= 15 is 0 Å². The first kappa shape index (κ1) is 60.6. The maximum Gasteiger partial charge on any atom is 1.00 e. The van der Waals surface area contributed by atoms with Crippen LogP contribution >= 0.6 is 8.25 Å². The molecule has 0 bridgehead atoms. The van der Waals surface area contributed by atoms with Crippen LogP contribution in [0.15, 0.2) is 110 Å². The number of nitrogens with zero attached hydrogens (tertiary/aromatic N) is 3. The van der Waals surface area contributed by atoms with E-state index in [0.29, 0.717) is 35.5 Å². The summed E-state index contributed by atoms with van der Waals surface area (Å²) in [5, 5.41) is 0. The number of rotatable bonds is 29. The summed E-state index contributed by atoms with van der Waals surface area (Å²) >= 11 is 0. The van der Waals surface area contributed by atoms with Crippen molar-refractivity contribution in [3.8, 4) is 11.5 Å². The molecule has 420 valence electrons. The third-order valence-electron chi connectivity index (χ3n) is 14.0. The number of nitrogens with one attached hydrogen (secondary N) is 2. The second-order valence-corrected chi connectivity index (χ2v) is 19.5. The summed E-state index contributed by atoms with van der Waals surface area (Å²) in [6.45, 7) is 13.7. The second-order valence-electron chi connectivity index (χ2n) is 18.9. The Bertz CT molecular complexity index is 2770. The van der Waals surface area contributed by atoms with Crippen LogP contribution < -0.4 is 32.0 Å². The Morgan fingerprint density at radius 3 is 1.57 bits per heavy atom. The SMILES string of the molecule is CCCCCc1cn([C@H]2C[C@H](OCOC[C@H]3O[C@@H](n4cc(CCCCC)c(=O)[nH]c4=O)C[C@@H]3OO[P+](=O)O)[C@@H](COC(c3ccccc3)(c3ccc(OC)cc3)c3ccc(OC)cc3)O2)c(=O)[nH]c1=O.CCN(CC)CC.[H+]. The Balaban J connectivity index is 0.00000131. The van der Waals surface area contributed by atoms with Crippen LogP contribution in [0.2, 0.25) is 0 Å². The van der Waals surface area contributed by atoms with Gasteiger partial charge >= 0.3 is 21.1 Å². The van der Waals surface area contributed by atoms with Crippen LogP contribution in [0.4, 0.5) is 0 Å². The summed E-state index contributed by atoms with van der Waals surface area (Å²) in [7, 11) is 0.0513. The molecule has 7 atom stereocenters. The molecule has 0 saturated carbocycles. The van der Waals surface area contributed by atoms with Gasteiger partial charge in [0.15, 0.2) is 0 Å². The Morgan fingerprint density at radius 2 is 1.13 bits per heavy atom. The maximum atomic E-state index is 13.5. The lowest BCUT2D eigenvalue weighted by atomic mass is 9.80. The van der Waals surface area contributed by atoms with Crippen LogP contribution in [0.25, 0.3) is 0 Å². The van der Waals surface area contributed by atoms with Crippen molar-refractivity contribution in [1.29, 1.82) is 0 Å². The van der Waals surface area contributed by atoms with Gasteiger partial charge in [0.25, 0.3) is 11.1 Å². The fourth-order valence-corrected chi connectivity index (χ4v) is 9.82. The molecule has 7 rings (SSSR count). The van der Waals surface area contributed by atoms with Gasteiger partial charge in [-0.1, -0.05) is 115 Å². The fraction of sp³-hybridized carbons (Fsp3) is 0.536. The number of hydrogen-bond donors (Lipinski definition) is 3. The molecule has 77 heavy (non-hydrogen) atoms. The van der Waals surface area contributed by atoms with E-state index in [1.807, 2.05) is 85.8 Å². The van der Waals surface area contributed by atoms with Gasteiger partial charge in [-0.05, 0) is 86.3 Å². The van der Waals surface area contributed by atoms with Gasteiger partial charge in [-0.3, -0.25) is 28.7 Å². The average molecular weight is 1090 g/mol. The lowest BCUT2D eigenvalue weighted by Crippen LogP contribution is -2.39. The van der Waals surface area contributed by atoms with E-state index in [9.17, 15) is 28.6 Å². The van der Waals surface area contributed by atoms with E-state index in [4.69, 9.17) is 38.0 Å². The number of aromatic nitrogens is 4. The highest BCUT2D eigenvalue weighted by Crippen LogP contribution is 2.43. The highest BCUT2D eigenvalue weighted by molar-refractivity contribution is 7.31. The Kier molecular flexibility index (Phi) is 24.0. The molecule has 2 aliphatic heterocycles. The zero-order valence-electron chi connectivity index (χ0n) is 46.4. The Labute approximate surface area is 451 Å². The van der Waals surface area contributed by atoms with E-state index in [1.165, 1.54) is 35.0 Å². The molecule has 1 unspecified atom stereocenters. The van der Waals surface area contributed by atoms with Crippen LogP contribution in [0.3, 0.4) is 0 Å². The molecule has 5 aromatic rings. The number of aryl methyl sites for hydroxylation is 2. The molecule has 2 aliphatic rings. The molecule has 3 N–H and O–H groups in total. The largest absolute Gasteiger partial charge is 1.00 e. The van der Waals surface area contributed by atoms with Gasteiger partial charge in [0.05, 0.1) is 38.2 Å². The third kappa shape index (κ3) is 16.2. The van der Waals surface area contributed by atoms with E-state index in [-0.39, 0.29) is 34.3 Å². The van der Waals surface area contributed by atoms with Crippen LogP contribution in [-0.2, 0) is 56.3 Å². The summed E-state index contributed by atoms with van der Waals surface area (Å²) in [6, 6.07) is 24.9.